The van der Waals surface area contributed by atoms with Crippen LogP contribution in [-0.2, 0) is 9.59 Å². The topological polar surface area (TPSA) is 150 Å². The number of fused-ring (bicyclic) bond motifs is 4. The van der Waals surface area contributed by atoms with Crippen molar-refractivity contribution in [3.63, 3.8) is 0 Å². The van der Waals surface area contributed by atoms with Gasteiger partial charge in [0.2, 0.25) is 11.8 Å². The number of halogens is 2. The Morgan fingerprint density at radius 3 is 2.52 bits per heavy atom. The van der Waals surface area contributed by atoms with Gasteiger partial charge >= 0.3 is 0 Å². The van der Waals surface area contributed by atoms with E-state index in [2.05, 4.69) is 35.3 Å². The van der Waals surface area contributed by atoms with Crippen molar-refractivity contribution in [3.8, 4) is 11.5 Å². The fourth-order valence-corrected chi connectivity index (χ4v) is 9.45. The van der Waals surface area contributed by atoms with Crippen LogP contribution < -0.4 is 25.0 Å². The summed E-state index contributed by atoms with van der Waals surface area (Å²) in [4.78, 5) is 68.0. The fourth-order valence-electron chi connectivity index (χ4n) is 9.27. The van der Waals surface area contributed by atoms with Gasteiger partial charge in [-0.25, -0.2) is 14.4 Å². The second-order valence-corrected chi connectivity index (χ2v) is 16.2. The lowest BCUT2D eigenvalue weighted by atomic mass is 9.95. The molecule has 2 bridgehead atoms. The minimum atomic E-state index is -0.968. The molecule has 0 saturated carbocycles. The van der Waals surface area contributed by atoms with Gasteiger partial charge in [0.25, 0.3) is 11.8 Å². The third-order valence-electron chi connectivity index (χ3n) is 12.3. The molecule has 3 atom stereocenters. The molecule has 4 amide bonds. The molecule has 58 heavy (non-hydrogen) atoms. The number of carbonyl (C=O) groups excluding carboxylic acids is 4. The lowest BCUT2D eigenvalue weighted by Gasteiger charge is -2.39. The van der Waals surface area contributed by atoms with Crippen LogP contribution in [-0.4, -0.2) is 119 Å². The molecule has 6 heterocycles. The van der Waals surface area contributed by atoms with E-state index in [1.165, 1.54) is 18.5 Å². The van der Waals surface area contributed by atoms with Gasteiger partial charge in [0.05, 0.1) is 35.4 Å². The normalized spacial score (nSPS) is 22.6. The average molecular weight is 811 g/mol. The first-order chi connectivity index (χ1) is 28.1. The largest absolute Gasteiger partial charge is 0.493 e. The number of likely N-dealkylation sites (tertiary alicyclic amines) is 2. The number of imide groups is 2. The molecule has 3 aromatic carbocycles. The van der Waals surface area contributed by atoms with Gasteiger partial charge < -0.3 is 24.6 Å². The quantitative estimate of drug-likeness (QED) is 0.146. The number of piperazine rings is 1. The second kappa shape index (κ2) is 15.8. The van der Waals surface area contributed by atoms with Gasteiger partial charge in [-0.2, -0.15) is 0 Å². The van der Waals surface area contributed by atoms with Gasteiger partial charge in [0.15, 0.2) is 11.5 Å². The highest BCUT2D eigenvalue weighted by Crippen LogP contribution is 2.39. The molecule has 16 heteroatoms. The summed E-state index contributed by atoms with van der Waals surface area (Å²) in [6.07, 6.45) is 5.92. The van der Waals surface area contributed by atoms with Gasteiger partial charge in [-0.15, -0.1) is 0 Å². The number of benzene rings is 3. The maximum absolute atomic E-state index is 13.7. The van der Waals surface area contributed by atoms with Gasteiger partial charge in [0.1, 0.15) is 24.0 Å². The summed E-state index contributed by atoms with van der Waals surface area (Å²) >= 11 is 5.99. The third kappa shape index (κ3) is 7.30. The highest BCUT2D eigenvalue weighted by Gasteiger charge is 2.47. The average Bonchev–Trinajstić information content (AvgIpc) is 3.89. The van der Waals surface area contributed by atoms with Gasteiger partial charge in [-0.1, -0.05) is 11.6 Å². The number of methoxy groups -OCH3 is 1. The van der Waals surface area contributed by atoms with Crippen LogP contribution >= 0.6 is 11.6 Å². The minimum Gasteiger partial charge on any atom is -0.493 e. The number of hydrogen-bond donors (Lipinski definition) is 2. The standard InChI is InChI=1S/C42H44ClFN8O6/c1-57-36-19-34-31(39(46-23-45-34)47-25-3-6-33(44)32(43)15-25)18-37(36)58-14-2-11-49-12-9-24(10-13-49)20-50-21-28-16-27(50)22-51(28)26-4-5-29-30(17-26)42(56)52(41(29)55)35-7-8-38(53)48-40(35)54/h3-6,15,17-19,23-24,27-28,35H,2,7-14,16,20-22H2,1H3,(H,45,46,47)(H,48,53,54). The molecule has 9 rings (SSSR count). The first kappa shape index (κ1) is 38.2. The molecular formula is C42H44ClFN8O6. The predicted molar refractivity (Wildman–Crippen MR) is 214 cm³/mol. The Labute approximate surface area is 339 Å². The van der Waals surface area contributed by atoms with Crippen molar-refractivity contribution in [1.82, 2.24) is 30.0 Å². The van der Waals surface area contributed by atoms with E-state index in [0.29, 0.717) is 64.3 Å². The van der Waals surface area contributed by atoms with E-state index in [1.807, 2.05) is 24.3 Å². The van der Waals surface area contributed by atoms with E-state index in [4.69, 9.17) is 21.1 Å². The van der Waals surface area contributed by atoms with Crippen LogP contribution in [0.15, 0.2) is 54.9 Å². The predicted octanol–water partition coefficient (Wildman–Crippen LogP) is 5.02. The molecule has 4 aromatic rings. The monoisotopic (exact) mass is 810 g/mol. The van der Waals surface area contributed by atoms with E-state index in [1.54, 1.807) is 19.2 Å². The number of amides is 4. The fraction of sp³-hybridized carbons (Fsp3) is 0.429. The van der Waals surface area contributed by atoms with Crippen LogP contribution in [0.5, 0.6) is 11.5 Å². The maximum atomic E-state index is 13.7. The summed E-state index contributed by atoms with van der Waals surface area (Å²) in [7, 11) is 1.60. The lowest BCUT2D eigenvalue weighted by Crippen LogP contribution is -2.54. The number of ether oxygens (including phenoxy) is 2. The maximum Gasteiger partial charge on any atom is 0.262 e. The van der Waals surface area contributed by atoms with E-state index in [0.717, 1.165) is 80.9 Å². The molecule has 5 aliphatic heterocycles. The van der Waals surface area contributed by atoms with Crippen molar-refractivity contribution in [1.29, 1.82) is 0 Å². The zero-order chi connectivity index (χ0) is 40.1. The third-order valence-corrected chi connectivity index (χ3v) is 12.6. The van der Waals surface area contributed by atoms with E-state index < -0.39 is 29.6 Å². The van der Waals surface area contributed by atoms with Gasteiger partial charge in [-0.3, -0.25) is 34.3 Å². The molecule has 0 radical (unpaired) electrons. The second-order valence-electron chi connectivity index (χ2n) is 15.8. The molecular weight excluding hydrogens is 767 g/mol. The van der Waals surface area contributed by atoms with Crippen LogP contribution in [0.2, 0.25) is 5.02 Å². The Balaban J connectivity index is 0.737. The van der Waals surface area contributed by atoms with E-state index in [9.17, 15) is 23.6 Å². The Morgan fingerprint density at radius 1 is 0.931 bits per heavy atom. The van der Waals surface area contributed by atoms with Crippen molar-refractivity contribution < 1.29 is 33.0 Å². The van der Waals surface area contributed by atoms with Crippen molar-refractivity contribution >= 4 is 63.3 Å². The molecule has 14 nitrogen and oxygen atoms in total. The summed E-state index contributed by atoms with van der Waals surface area (Å²) in [6, 6.07) is 13.3. The smallest absolute Gasteiger partial charge is 0.262 e. The van der Waals surface area contributed by atoms with Crippen molar-refractivity contribution in [2.75, 3.05) is 63.2 Å². The minimum absolute atomic E-state index is 0.0172. The van der Waals surface area contributed by atoms with E-state index in [-0.39, 0.29) is 23.8 Å². The molecule has 0 aliphatic carbocycles. The van der Waals surface area contributed by atoms with Crippen LogP contribution in [0, 0.1) is 11.7 Å². The van der Waals surface area contributed by atoms with Crippen molar-refractivity contribution in [2.24, 2.45) is 5.92 Å². The Hall–Kier alpha value is -5.38. The number of nitrogens with one attached hydrogen (secondary N) is 2. The van der Waals surface area contributed by atoms with Crippen LogP contribution in [0.4, 0.5) is 21.6 Å². The van der Waals surface area contributed by atoms with E-state index >= 15 is 0 Å². The molecule has 0 spiro atoms. The molecule has 302 valence electrons. The molecule has 4 saturated heterocycles. The first-order valence-corrected chi connectivity index (χ1v) is 20.3. The number of piperidine rings is 2. The number of hydrogen-bond acceptors (Lipinski definition) is 12. The van der Waals surface area contributed by atoms with Crippen LogP contribution in [0.1, 0.15) is 59.2 Å². The summed E-state index contributed by atoms with van der Waals surface area (Å²) in [5.74, 6) is -0.0752. The van der Waals surface area contributed by atoms with Gasteiger partial charge in [0, 0.05) is 67.5 Å². The SMILES string of the molecule is COc1cc2ncnc(Nc3ccc(F)c(Cl)c3)c2cc1OCCCN1CCC(CN2CC3CC2CN3c2ccc3c(c2)C(=O)N(C2CCC(=O)NC2=O)C3=O)CC1. The molecule has 5 aliphatic rings. The Morgan fingerprint density at radius 2 is 1.76 bits per heavy atom. The zero-order valence-corrected chi connectivity index (χ0v) is 32.8. The first-order valence-electron chi connectivity index (χ1n) is 19.9. The number of aromatic nitrogens is 2. The number of nitrogens with zero attached hydrogens (tertiary/aromatic N) is 6. The molecule has 2 N–H and O–H groups in total. The van der Waals surface area contributed by atoms with Crippen LogP contribution in [0.25, 0.3) is 10.9 Å². The summed E-state index contributed by atoms with van der Waals surface area (Å²) in [5.41, 5.74) is 2.84. The molecule has 3 unspecified atom stereocenters. The number of carbonyl (C=O) groups is 4. The zero-order valence-electron chi connectivity index (χ0n) is 32.1. The van der Waals surface area contributed by atoms with Crippen LogP contribution in [0.3, 0.4) is 0 Å². The Bertz CT molecular complexity index is 2310. The highest BCUT2D eigenvalue weighted by molar-refractivity contribution is 6.31. The highest BCUT2D eigenvalue weighted by atomic mass is 35.5. The van der Waals surface area contributed by atoms with Crippen molar-refractivity contribution in [3.05, 3.63) is 76.8 Å². The number of anilines is 3. The van der Waals surface area contributed by atoms with Gasteiger partial charge in [-0.05, 0) is 93.6 Å². The summed E-state index contributed by atoms with van der Waals surface area (Å²) < 4.78 is 25.6. The lowest BCUT2D eigenvalue weighted by molar-refractivity contribution is -0.136. The van der Waals surface area contributed by atoms with Crippen molar-refractivity contribution in [2.45, 2.75) is 56.7 Å². The summed E-state index contributed by atoms with van der Waals surface area (Å²) in [6.45, 7) is 6.49. The Kier molecular flexibility index (Phi) is 10.4. The molecule has 1 aromatic heterocycles. The molecule has 4 fully saturated rings. The summed E-state index contributed by atoms with van der Waals surface area (Å²) in [5, 5.41) is 6.21. The number of rotatable bonds is 12.